The second-order valence-electron chi connectivity index (χ2n) is 4.50. The number of aryl methyl sites for hydroxylation is 1. The van der Waals surface area contributed by atoms with Crippen molar-refractivity contribution in [2.75, 3.05) is 32.8 Å². The molecular formula is C11H18N4O4S. The van der Waals surface area contributed by atoms with Crippen LogP contribution in [0.15, 0.2) is 11.1 Å². The smallest absolute Gasteiger partial charge is 0.243 e. The number of nitrogens with one attached hydrogen (secondary N) is 2. The highest BCUT2D eigenvalue weighted by Gasteiger charge is 2.20. The van der Waals surface area contributed by atoms with Gasteiger partial charge in [0.2, 0.25) is 15.9 Å². The Balaban J connectivity index is 1.83. The highest BCUT2D eigenvalue weighted by Crippen LogP contribution is 2.10. The Morgan fingerprint density at radius 3 is 2.80 bits per heavy atom. The molecule has 1 aliphatic heterocycles. The first kappa shape index (κ1) is 14.9. The molecule has 112 valence electrons. The van der Waals surface area contributed by atoms with Gasteiger partial charge in [-0.3, -0.25) is 9.89 Å². The molecule has 1 aromatic rings. The molecule has 0 atom stereocenters. The number of ether oxygens (including phenoxy) is 1. The maximum Gasteiger partial charge on any atom is 0.243 e. The summed E-state index contributed by atoms with van der Waals surface area (Å²) in [6.45, 7) is 3.89. The number of hydrogen-bond acceptors (Lipinski definition) is 5. The number of H-pyrrole nitrogens is 1. The Kier molecular flexibility index (Phi) is 4.73. The molecule has 1 aromatic heterocycles. The molecule has 2 heterocycles. The molecule has 1 amide bonds. The first-order valence-electron chi connectivity index (χ1n) is 6.36. The monoisotopic (exact) mass is 302 g/mol. The number of rotatable bonds is 5. The van der Waals surface area contributed by atoms with E-state index in [1.165, 1.54) is 6.20 Å². The molecule has 0 aromatic carbocycles. The van der Waals surface area contributed by atoms with Crippen molar-refractivity contribution >= 4 is 15.9 Å². The van der Waals surface area contributed by atoms with E-state index in [2.05, 4.69) is 14.9 Å². The summed E-state index contributed by atoms with van der Waals surface area (Å²) >= 11 is 0. The number of nitrogens with zero attached hydrogens (tertiary/aromatic N) is 2. The van der Waals surface area contributed by atoms with Crippen LogP contribution in [-0.2, 0) is 19.6 Å². The van der Waals surface area contributed by atoms with Crippen molar-refractivity contribution in [1.82, 2.24) is 19.8 Å². The fourth-order valence-electron chi connectivity index (χ4n) is 1.95. The third-order valence-electron chi connectivity index (χ3n) is 3.07. The zero-order chi connectivity index (χ0) is 14.6. The lowest BCUT2D eigenvalue weighted by Crippen LogP contribution is -2.42. The highest BCUT2D eigenvalue weighted by molar-refractivity contribution is 7.89. The predicted octanol–water partition coefficient (Wildman–Crippen LogP) is -0.755. The summed E-state index contributed by atoms with van der Waals surface area (Å²) in [4.78, 5) is 13.6. The Labute approximate surface area is 117 Å². The zero-order valence-corrected chi connectivity index (χ0v) is 12.1. The summed E-state index contributed by atoms with van der Waals surface area (Å²) in [6, 6.07) is 0. The van der Waals surface area contributed by atoms with Crippen LogP contribution in [0.3, 0.4) is 0 Å². The van der Waals surface area contributed by atoms with Gasteiger partial charge in [-0.15, -0.1) is 0 Å². The first-order chi connectivity index (χ1) is 9.50. The van der Waals surface area contributed by atoms with E-state index in [0.717, 1.165) is 0 Å². The van der Waals surface area contributed by atoms with Gasteiger partial charge in [0, 0.05) is 26.1 Å². The molecule has 2 N–H and O–H groups in total. The first-order valence-corrected chi connectivity index (χ1v) is 7.84. The predicted molar refractivity (Wildman–Crippen MR) is 70.5 cm³/mol. The fraction of sp³-hybridized carbons (Fsp3) is 0.636. The van der Waals surface area contributed by atoms with Gasteiger partial charge in [0.15, 0.2) is 0 Å². The Bertz CT molecular complexity index is 563. The molecule has 0 spiro atoms. The Hall–Kier alpha value is -1.45. The van der Waals surface area contributed by atoms with Crippen LogP contribution < -0.4 is 4.72 Å². The van der Waals surface area contributed by atoms with E-state index >= 15 is 0 Å². The van der Waals surface area contributed by atoms with E-state index < -0.39 is 10.0 Å². The third-order valence-corrected chi connectivity index (χ3v) is 4.64. The number of sulfonamides is 1. The summed E-state index contributed by atoms with van der Waals surface area (Å²) < 4.78 is 31.5. The summed E-state index contributed by atoms with van der Waals surface area (Å²) in [5.41, 5.74) is 0.469. The number of aromatic amines is 1. The molecule has 9 heteroatoms. The lowest BCUT2D eigenvalue weighted by molar-refractivity contribution is -0.135. The van der Waals surface area contributed by atoms with Gasteiger partial charge in [0.1, 0.15) is 4.90 Å². The van der Waals surface area contributed by atoms with Gasteiger partial charge in [0.05, 0.1) is 25.1 Å². The van der Waals surface area contributed by atoms with E-state index in [0.29, 0.717) is 32.0 Å². The van der Waals surface area contributed by atoms with Crippen molar-refractivity contribution in [3.8, 4) is 0 Å². The molecule has 0 aliphatic carbocycles. The van der Waals surface area contributed by atoms with Gasteiger partial charge in [-0.2, -0.15) is 5.10 Å². The topological polar surface area (TPSA) is 104 Å². The SMILES string of the molecule is Cc1[nH]ncc1S(=O)(=O)NCCC(=O)N1CCOCC1. The van der Waals surface area contributed by atoms with Crippen LogP contribution in [0.4, 0.5) is 0 Å². The lowest BCUT2D eigenvalue weighted by Gasteiger charge is -2.26. The Morgan fingerprint density at radius 2 is 2.20 bits per heavy atom. The van der Waals surface area contributed by atoms with E-state index in [4.69, 9.17) is 4.74 Å². The molecule has 1 aliphatic rings. The number of aromatic nitrogens is 2. The standard InChI is InChI=1S/C11H18N4O4S/c1-9-10(8-12-14-9)20(17,18)13-3-2-11(16)15-4-6-19-7-5-15/h8,13H,2-7H2,1H3,(H,12,14). The van der Waals surface area contributed by atoms with Crippen molar-refractivity contribution in [3.63, 3.8) is 0 Å². The van der Waals surface area contributed by atoms with Crippen molar-refractivity contribution in [3.05, 3.63) is 11.9 Å². The number of morpholine rings is 1. The van der Waals surface area contributed by atoms with Crippen LogP contribution in [0.1, 0.15) is 12.1 Å². The molecular weight excluding hydrogens is 284 g/mol. The van der Waals surface area contributed by atoms with Gasteiger partial charge in [-0.1, -0.05) is 0 Å². The van der Waals surface area contributed by atoms with Gasteiger partial charge in [-0.25, -0.2) is 13.1 Å². The summed E-state index contributed by atoms with van der Waals surface area (Å²) in [5, 5.41) is 6.24. The van der Waals surface area contributed by atoms with E-state index in [1.54, 1.807) is 11.8 Å². The van der Waals surface area contributed by atoms with Crippen LogP contribution in [0.2, 0.25) is 0 Å². The van der Waals surface area contributed by atoms with Crippen molar-refractivity contribution in [2.24, 2.45) is 0 Å². The second-order valence-corrected chi connectivity index (χ2v) is 6.24. The normalized spacial score (nSPS) is 16.4. The number of hydrogen-bond donors (Lipinski definition) is 2. The van der Waals surface area contributed by atoms with Crippen LogP contribution in [0.5, 0.6) is 0 Å². The van der Waals surface area contributed by atoms with Crippen LogP contribution in [-0.4, -0.2) is 62.3 Å². The van der Waals surface area contributed by atoms with Crippen LogP contribution >= 0.6 is 0 Å². The van der Waals surface area contributed by atoms with Crippen molar-refractivity contribution in [2.45, 2.75) is 18.2 Å². The van der Waals surface area contributed by atoms with Crippen molar-refractivity contribution < 1.29 is 17.9 Å². The molecule has 8 nitrogen and oxygen atoms in total. The Morgan fingerprint density at radius 1 is 1.50 bits per heavy atom. The number of carbonyl (C=O) groups excluding carboxylic acids is 1. The molecule has 0 saturated carbocycles. The quantitative estimate of drug-likeness (QED) is 0.744. The second kappa shape index (κ2) is 6.33. The minimum Gasteiger partial charge on any atom is -0.378 e. The lowest BCUT2D eigenvalue weighted by atomic mass is 10.3. The van der Waals surface area contributed by atoms with Gasteiger partial charge in [0.25, 0.3) is 0 Å². The number of carbonyl (C=O) groups is 1. The van der Waals surface area contributed by atoms with E-state index in [-0.39, 0.29) is 23.8 Å². The highest BCUT2D eigenvalue weighted by atomic mass is 32.2. The molecule has 20 heavy (non-hydrogen) atoms. The number of amides is 1. The van der Waals surface area contributed by atoms with Gasteiger partial charge in [-0.05, 0) is 6.92 Å². The molecule has 0 unspecified atom stereocenters. The minimum atomic E-state index is -3.61. The van der Waals surface area contributed by atoms with Gasteiger partial charge < -0.3 is 9.64 Å². The fourth-order valence-corrected chi connectivity index (χ4v) is 3.12. The molecule has 1 fully saturated rings. The maximum absolute atomic E-state index is 12.0. The molecule has 1 saturated heterocycles. The largest absolute Gasteiger partial charge is 0.378 e. The summed E-state index contributed by atoms with van der Waals surface area (Å²) in [6.07, 6.45) is 1.39. The average Bonchev–Trinajstić information content (AvgIpc) is 2.86. The molecule has 2 rings (SSSR count). The molecule has 0 radical (unpaired) electrons. The van der Waals surface area contributed by atoms with Crippen LogP contribution in [0, 0.1) is 6.92 Å². The zero-order valence-electron chi connectivity index (χ0n) is 11.3. The van der Waals surface area contributed by atoms with E-state index in [1.807, 2.05) is 0 Å². The average molecular weight is 302 g/mol. The molecule has 0 bridgehead atoms. The summed E-state index contributed by atoms with van der Waals surface area (Å²) in [7, 11) is -3.61. The van der Waals surface area contributed by atoms with E-state index in [9.17, 15) is 13.2 Å². The summed E-state index contributed by atoms with van der Waals surface area (Å²) in [5.74, 6) is -0.0695. The van der Waals surface area contributed by atoms with Gasteiger partial charge >= 0.3 is 0 Å². The van der Waals surface area contributed by atoms with Crippen molar-refractivity contribution in [1.29, 1.82) is 0 Å². The minimum absolute atomic E-state index is 0.0695. The maximum atomic E-state index is 12.0. The van der Waals surface area contributed by atoms with Crippen LogP contribution in [0.25, 0.3) is 0 Å². The third kappa shape index (κ3) is 3.56.